The number of nitrogens with zero attached hydrogens (tertiary/aromatic N) is 9. The molecular weight excluding hydrogens is 957 g/mol. The van der Waals surface area contributed by atoms with E-state index >= 15 is 8.78 Å². The molecule has 6 aromatic rings. The number of fused-ring (bicyclic) bond motifs is 3. The number of carbonyl (C=O) groups excluding carboxylic acids is 3. The number of hydrogen-bond acceptors (Lipinski definition) is 10. The number of pyridine rings is 2. The number of aryl methyl sites for hydroxylation is 2. The molecule has 9 heterocycles. The molecule has 392 valence electrons. The first-order chi connectivity index (χ1) is 36.2. The van der Waals surface area contributed by atoms with Crippen molar-refractivity contribution in [2.75, 3.05) is 64.2 Å². The molecule has 2 N–H and O–H groups in total. The van der Waals surface area contributed by atoms with E-state index in [4.69, 9.17) is 4.98 Å². The number of likely N-dealkylation sites (tertiary alicyclic amines) is 1. The Morgan fingerprint density at radius 2 is 1.68 bits per heavy atom. The first-order valence-electron chi connectivity index (χ1n) is 26.9. The Hall–Kier alpha value is -6.76. The van der Waals surface area contributed by atoms with Gasteiger partial charge in [-0.25, -0.2) is 18.6 Å². The Labute approximate surface area is 433 Å². The van der Waals surface area contributed by atoms with Crippen molar-refractivity contribution >= 4 is 51.0 Å². The van der Waals surface area contributed by atoms with Gasteiger partial charge in [0.05, 0.1) is 16.7 Å². The molecule has 1 unspecified atom stereocenters. The number of aromatic nitrogens is 5. The molecule has 4 fully saturated rings. The molecule has 2 aromatic carbocycles. The molecule has 0 bridgehead atoms. The van der Waals surface area contributed by atoms with E-state index in [0.29, 0.717) is 72.7 Å². The Balaban J connectivity index is 0.647. The third-order valence-corrected chi connectivity index (χ3v) is 17.3. The molecule has 12 rings (SSSR count). The van der Waals surface area contributed by atoms with Crippen molar-refractivity contribution in [1.82, 2.24) is 48.2 Å². The van der Waals surface area contributed by atoms with Gasteiger partial charge >= 0.3 is 5.69 Å². The third kappa shape index (κ3) is 8.91. The van der Waals surface area contributed by atoms with Crippen molar-refractivity contribution in [2.24, 2.45) is 13.0 Å². The van der Waals surface area contributed by atoms with Crippen LogP contribution in [0.5, 0.6) is 0 Å². The van der Waals surface area contributed by atoms with E-state index in [1.807, 2.05) is 43.3 Å². The minimum absolute atomic E-state index is 0.00911. The number of imidazole rings is 1. The highest BCUT2D eigenvalue weighted by molar-refractivity contribution is 6.00. The van der Waals surface area contributed by atoms with Crippen molar-refractivity contribution in [3.05, 3.63) is 127 Å². The molecule has 16 nitrogen and oxygen atoms in total. The monoisotopic (exact) mass is 1020 g/mol. The minimum Gasteiger partial charge on any atom is -0.384 e. The molecular formula is C57H65F2N11O5. The number of nitrogens with one attached hydrogen (secondary N) is 2. The molecule has 75 heavy (non-hydrogen) atoms. The molecule has 6 aliphatic rings. The van der Waals surface area contributed by atoms with Crippen LogP contribution in [-0.4, -0.2) is 126 Å². The highest BCUT2D eigenvalue weighted by Gasteiger charge is 2.37. The number of amides is 3. The Morgan fingerprint density at radius 3 is 2.41 bits per heavy atom. The lowest BCUT2D eigenvalue weighted by Crippen LogP contribution is -2.53. The molecule has 1 saturated carbocycles. The lowest BCUT2D eigenvalue weighted by Gasteiger charge is -2.42. The van der Waals surface area contributed by atoms with Gasteiger partial charge in [0.25, 0.3) is 11.5 Å². The molecule has 5 aliphatic heterocycles. The topological polar surface area (TPSA) is 155 Å². The van der Waals surface area contributed by atoms with Crippen LogP contribution < -0.4 is 21.9 Å². The summed E-state index contributed by atoms with van der Waals surface area (Å²) in [6.45, 7) is 13.2. The van der Waals surface area contributed by atoms with Crippen molar-refractivity contribution in [3.8, 4) is 5.69 Å². The maximum absolute atomic E-state index is 16.2. The normalized spacial score (nSPS) is 21.7. The van der Waals surface area contributed by atoms with Gasteiger partial charge in [0.2, 0.25) is 11.8 Å². The number of halogens is 2. The number of piperazine rings is 1. The van der Waals surface area contributed by atoms with E-state index in [0.717, 1.165) is 110 Å². The van der Waals surface area contributed by atoms with Gasteiger partial charge in [-0.2, -0.15) is 0 Å². The molecule has 3 amide bonds. The minimum atomic E-state index is -0.861. The highest BCUT2D eigenvalue weighted by atomic mass is 19.1. The van der Waals surface area contributed by atoms with E-state index in [2.05, 4.69) is 55.9 Å². The Morgan fingerprint density at radius 1 is 0.880 bits per heavy atom. The number of imide groups is 1. The maximum atomic E-state index is 16.2. The standard InChI is InChI=1S/C57H65F2N11O5/c1-33-25-38(26-44(59)52(33)37-13-20-65(21-14-37)35(3)48-28-42-46(10-17-61-53(42)63(48)4)68-22-15-45-41(56(68)74)9-16-60-45)55(73)66-18-11-36(12-19-66)31-67-24-23-64(30-34(67)2)32-39-27-49-50(29-43(39)58)70(57(75)69(49)40-5-6-40)47-7-8-51(71)62-54(47)72/h10,13,15,17,22,25-29,34-36,40,47,60H,5-9,11-12,14,16,18-21,23-24,30-32H2,1-4H3,(H,62,71,72)/t34-,35-,47?/m0/s1. The lowest BCUT2D eigenvalue weighted by atomic mass is 9.92. The van der Waals surface area contributed by atoms with E-state index in [1.165, 1.54) is 16.7 Å². The van der Waals surface area contributed by atoms with Crippen LogP contribution in [0.1, 0.15) is 115 Å². The first kappa shape index (κ1) is 49.1. The number of benzene rings is 2. The van der Waals surface area contributed by atoms with Crippen LogP contribution in [0, 0.1) is 24.5 Å². The molecule has 3 saturated heterocycles. The summed E-state index contributed by atoms with van der Waals surface area (Å²) in [4.78, 5) is 79.6. The number of carbonyl (C=O) groups is 3. The number of anilines is 1. The van der Waals surface area contributed by atoms with Gasteiger partial charge in [-0.05, 0) is 119 Å². The summed E-state index contributed by atoms with van der Waals surface area (Å²) in [5, 5.41) is 6.55. The zero-order valence-corrected chi connectivity index (χ0v) is 43.2. The fourth-order valence-electron chi connectivity index (χ4n) is 13.0. The second kappa shape index (κ2) is 19.4. The molecule has 18 heteroatoms. The maximum Gasteiger partial charge on any atom is 0.330 e. The fraction of sp³-hybridized carbons (Fsp3) is 0.474. The lowest BCUT2D eigenvalue weighted by molar-refractivity contribution is -0.135. The average Bonchev–Trinajstić information content (AvgIpc) is 3.91. The van der Waals surface area contributed by atoms with Crippen LogP contribution in [0.25, 0.3) is 33.3 Å². The number of rotatable bonds is 11. The van der Waals surface area contributed by atoms with Gasteiger partial charge in [0, 0.05) is 155 Å². The van der Waals surface area contributed by atoms with Gasteiger partial charge in [0.1, 0.15) is 23.3 Å². The largest absolute Gasteiger partial charge is 0.384 e. The number of piperidine rings is 2. The van der Waals surface area contributed by atoms with Crippen molar-refractivity contribution < 1.29 is 23.2 Å². The van der Waals surface area contributed by atoms with Crippen LogP contribution in [0.3, 0.4) is 0 Å². The predicted molar refractivity (Wildman–Crippen MR) is 283 cm³/mol. The third-order valence-electron chi connectivity index (χ3n) is 17.3. The molecule has 0 radical (unpaired) electrons. The van der Waals surface area contributed by atoms with E-state index in [1.54, 1.807) is 21.4 Å². The van der Waals surface area contributed by atoms with Gasteiger partial charge in [-0.15, -0.1) is 0 Å². The molecule has 3 atom stereocenters. The van der Waals surface area contributed by atoms with E-state index < -0.39 is 17.8 Å². The van der Waals surface area contributed by atoms with Gasteiger partial charge in [0.15, 0.2) is 0 Å². The summed E-state index contributed by atoms with van der Waals surface area (Å²) < 4.78 is 39.1. The molecule has 1 aliphatic carbocycles. The SMILES string of the molecule is Cc1cc(C(=O)N2CCC(CN3CCN(Cc4cc5c(cc4F)n(C4CCC(=O)NC4=O)c(=O)n5C4CC4)C[C@@H]3C)CC2)cc(F)c1C1=CCN([C@@H](C)c2cc3c(-n4ccc5c(c4=O)CCN5)ccnc3n2C)CC1. The zero-order valence-electron chi connectivity index (χ0n) is 43.2. The van der Waals surface area contributed by atoms with Crippen molar-refractivity contribution in [3.63, 3.8) is 0 Å². The van der Waals surface area contributed by atoms with Crippen LogP contribution in [0.15, 0.2) is 70.5 Å². The first-order valence-corrected chi connectivity index (χ1v) is 26.9. The van der Waals surface area contributed by atoms with Crippen LogP contribution >= 0.6 is 0 Å². The van der Waals surface area contributed by atoms with Crippen LogP contribution in [-0.2, 0) is 29.6 Å². The Bertz CT molecular complexity index is 3450. The highest BCUT2D eigenvalue weighted by Crippen LogP contribution is 2.39. The second-order valence-corrected chi connectivity index (χ2v) is 22.0. The van der Waals surface area contributed by atoms with Crippen LogP contribution in [0.4, 0.5) is 14.5 Å². The van der Waals surface area contributed by atoms with Gasteiger partial charge in [-0.3, -0.25) is 52.9 Å². The van der Waals surface area contributed by atoms with E-state index in [-0.39, 0.29) is 59.8 Å². The average molecular weight is 1020 g/mol. The summed E-state index contributed by atoms with van der Waals surface area (Å²) >= 11 is 0. The summed E-state index contributed by atoms with van der Waals surface area (Å²) in [5.41, 5.74) is 8.25. The van der Waals surface area contributed by atoms with E-state index in [9.17, 15) is 24.0 Å². The van der Waals surface area contributed by atoms with Crippen molar-refractivity contribution in [1.29, 1.82) is 0 Å². The Kier molecular flexibility index (Phi) is 12.7. The second-order valence-electron chi connectivity index (χ2n) is 22.0. The quantitative estimate of drug-likeness (QED) is 0.136. The predicted octanol–water partition coefficient (Wildman–Crippen LogP) is 6.62. The summed E-state index contributed by atoms with van der Waals surface area (Å²) in [6, 6.07) is 11.9. The summed E-state index contributed by atoms with van der Waals surface area (Å²) in [5.74, 6) is -1.42. The zero-order chi connectivity index (χ0) is 52.0. The molecule has 0 spiro atoms. The molecule has 4 aromatic heterocycles. The van der Waals surface area contributed by atoms with Crippen LogP contribution in [0.2, 0.25) is 0 Å². The smallest absolute Gasteiger partial charge is 0.330 e. The van der Waals surface area contributed by atoms with Crippen molar-refractivity contribution in [2.45, 2.75) is 103 Å². The summed E-state index contributed by atoms with van der Waals surface area (Å²) in [6.07, 6.45) is 10.8. The summed E-state index contributed by atoms with van der Waals surface area (Å²) in [7, 11) is 2.02. The fourth-order valence-corrected chi connectivity index (χ4v) is 13.0. The van der Waals surface area contributed by atoms with Gasteiger partial charge < -0.3 is 14.8 Å². The number of hydrogen-bond donors (Lipinski definition) is 2. The van der Waals surface area contributed by atoms with Gasteiger partial charge in [-0.1, -0.05) is 6.08 Å².